The molecule has 0 bridgehead atoms. The summed E-state index contributed by atoms with van der Waals surface area (Å²) in [5.74, 6) is -0.139. The number of imidazole rings is 1. The molecule has 0 radical (unpaired) electrons. The van der Waals surface area contributed by atoms with Crippen LogP contribution in [-0.4, -0.2) is 29.1 Å². The topological polar surface area (TPSA) is 107 Å². The first-order valence-corrected chi connectivity index (χ1v) is 3.76. The molecule has 0 amide bonds. The van der Waals surface area contributed by atoms with Crippen LogP contribution in [0.25, 0.3) is 0 Å². The number of rotatable bonds is 3. The predicted octanol–water partition coefficient (Wildman–Crippen LogP) is -0.965. The molecule has 0 aliphatic carbocycles. The summed E-state index contributed by atoms with van der Waals surface area (Å²) in [7, 11) is 1.30. The second-order valence-corrected chi connectivity index (χ2v) is 2.63. The fraction of sp³-hybridized carbons (Fsp3) is 0.429. The highest BCUT2D eigenvalue weighted by atomic mass is 16.5. The number of nitrogens with two attached hydrogens (primary N) is 2. The van der Waals surface area contributed by atoms with Crippen LogP contribution in [0.1, 0.15) is 5.69 Å². The Bertz CT molecular complexity index is 296. The monoisotopic (exact) mass is 184 g/mol. The van der Waals surface area contributed by atoms with Crippen LogP contribution in [0.5, 0.6) is 0 Å². The Kier molecular flexibility index (Phi) is 2.86. The number of ether oxygens (including phenoxy) is 1. The van der Waals surface area contributed by atoms with Gasteiger partial charge in [0.25, 0.3) is 0 Å². The quantitative estimate of drug-likeness (QED) is 0.524. The number of carbonyl (C=O) groups is 1. The lowest BCUT2D eigenvalue weighted by atomic mass is 10.2. The van der Waals surface area contributed by atoms with Crippen molar-refractivity contribution in [2.24, 2.45) is 5.73 Å². The molecular weight excluding hydrogens is 172 g/mol. The maximum atomic E-state index is 10.9. The minimum absolute atomic E-state index is 0.312. The second kappa shape index (κ2) is 3.90. The third-order valence-electron chi connectivity index (χ3n) is 1.59. The van der Waals surface area contributed by atoms with Gasteiger partial charge in [-0.2, -0.15) is 0 Å². The van der Waals surface area contributed by atoms with E-state index >= 15 is 0 Å². The lowest BCUT2D eigenvalue weighted by molar-refractivity contribution is -0.142. The standard InChI is InChI=1S/C7H12N4O2/c1-13-6(12)5(8)2-4-3-10-7(9)11-4/h3,5H,2,8H2,1H3,(H3,9,10,11)/t5-/m1/s1. The molecule has 0 saturated heterocycles. The minimum atomic E-state index is -0.676. The molecular formula is C7H12N4O2. The molecule has 13 heavy (non-hydrogen) atoms. The molecule has 0 spiro atoms. The normalized spacial score (nSPS) is 12.5. The number of nitrogen functional groups attached to an aromatic ring is 1. The van der Waals surface area contributed by atoms with E-state index in [1.807, 2.05) is 0 Å². The molecule has 0 fully saturated rings. The van der Waals surface area contributed by atoms with Crippen LogP contribution in [0.3, 0.4) is 0 Å². The van der Waals surface area contributed by atoms with Crippen molar-refractivity contribution in [3.8, 4) is 0 Å². The summed E-state index contributed by atoms with van der Waals surface area (Å²) >= 11 is 0. The Balaban J connectivity index is 2.54. The summed E-state index contributed by atoms with van der Waals surface area (Å²) in [6.45, 7) is 0. The van der Waals surface area contributed by atoms with Crippen molar-refractivity contribution in [1.29, 1.82) is 0 Å². The molecule has 0 aliphatic heterocycles. The van der Waals surface area contributed by atoms with E-state index in [4.69, 9.17) is 11.5 Å². The number of methoxy groups -OCH3 is 1. The van der Waals surface area contributed by atoms with Crippen LogP contribution < -0.4 is 11.5 Å². The van der Waals surface area contributed by atoms with Crippen LogP contribution in [-0.2, 0) is 16.0 Å². The van der Waals surface area contributed by atoms with Gasteiger partial charge in [0.2, 0.25) is 0 Å². The minimum Gasteiger partial charge on any atom is -0.468 e. The van der Waals surface area contributed by atoms with Crippen molar-refractivity contribution >= 4 is 11.9 Å². The van der Waals surface area contributed by atoms with Gasteiger partial charge in [-0.1, -0.05) is 0 Å². The first kappa shape index (κ1) is 9.53. The molecule has 6 heteroatoms. The number of aromatic amines is 1. The lowest BCUT2D eigenvalue weighted by Gasteiger charge is -2.06. The summed E-state index contributed by atoms with van der Waals surface area (Å²) in [6, 6.07) is -0.676. The number of esters is 1. The van der Waals surface area contributed by atoms with Gasteiger partial charge in [-0.05, 0) is 0 Å². The number of hydrogen-bond donors (Lipinski definition) is 3. The Morgan fingerprint density at radius 1 is 1.85 bits per heavy atom. The largest absolute Gasteiger partial charge is 0.468 e. The number of carbonyl (C=O) groups excluding carboxylic acids is 1. The summed E-state index contributed by atoms with van der Waals surface area (Å²) in [5, 5.41) is 0. The van der Waals surface area contributed by atoms with E-state index in [0.29, 0.717) is 12.4 Å². The SMILES string of the molecule is COC(=O)[C@H](N)Cc1cnc(N)[nH]1. The second-order valence-electron chi connectivity index (χ2n) is 2.63. The van der Waals surface area contributed by atoms with E-state index in [2.05, 4.69) is 14.7 Å². The summed E-state index contributed by atoms with van der Waals surface area (Å²) < 4.78 is 4.46. The van der Waals surface area contributed by atoms with E-state index in [-0.39, 0.29) is 0 Å². The van der Waals surface area contributed by atoms with Crippen molar-refractivity contribution < 1.29 is 9.53 Å². The van der Waals surface area contributed by atoms with Crippen LogP contribution in [0, 0.1) is 0 Å². The van der Waals surface area contributed by atoms with Gasteiger partial charge in [-0.25, -0.2) is 4.98 Å². The number of hydrogen-bond acceptors (Lipinski definition) is 5. The van der Waals surface area contributed by atoms with Gasteiger partial charge >= 0.3 is 5.97 Å². The number of aromatic nitrogens is 2. The van der Waals surface area contributed by atoms with E-state index in [9.17, 15) is 4.79 Å². The molecule has 0 aliphatic rings. The van der Waals surface area contributed by atoms with Crippen molar-refractivity contribution in [3.05, 3.63) is 11.9 Å². The fourth-order valence-electron chi connectivity index (χ4n) is 0.952. The molecule has 1 aromatic heterocycles. The molecule has 0 aromatic carbocycles. The molecule has 1 aromatic rings. The van der Waals surface area contributed by atoms with Crippen molar-refractivity contribution in [2.75, 3.05) is 12.8 Å². The van der Waals surface area contributed by atoms with Crippen LogP contribution in [0.2, 0.25) is 0 Å². The highest BCUT2D eigenvalue weighted by Crippen LogP contribution is 2.01. The average Bonchev–Trinajstić information content (AvgIpc) is 2.49. The van der Waals surface area contributed by atoms with Gasteiger partial charge in [0.05, 0.1) is 13.3 Å². The average molecular weight is 184 g/mol. The third-order valence-corrected chi connectivity index (χ3v) is 1.59. The van der Waals surface area contributed by atoms with E-state index in [1.54, 1.807) is 0 Å². The summed E-state index contributed by atoms with van der Waals surface area (Å²) in [4.78, 5) is 17.4. The van der Waals surface area contributed by atoms with Gasteiger partial charge in [0, 0.05) is 12.1 Å². The number of nitrogens with zero attached hydrogens (tertiary/aromatic N) is 1. The maximum Gasteiger partial charge on any atom is 0.323 e. The molecule has 5 N–H and O–H groups in total. The molecule has 6 nitrogen and oxygen atoms in total. The molecule has 1 rings (SSSR count). The van der Waals surface area contributed by atoms with Gasteiger partial charge < -0.3 is 21.2 Å². The molecule has 0 unspecified atom stereocenters. The van der Waals surface area contributed by atoms with Gasteiger partial charge in [0.1, 0.15) is 6.04 Å². The van der Waals surface area contributed by atoms with Crippen LogP contribution in [0.15, 0.2) is 6.20 Å². The lowest BCUT2D eigenvalue weighted by Crippen LogP contribution is -2.33. The van der Waals surface area contributed by atoms with Crippen molar-refractivity contribution in [1.82, 2.24) is 9.97 Å². The fourth-order valence-corrected chi connectivity index (χ4v) is 0.952. The van der Waals surface area contributed by atoms with Crippen molar-refractivity contribution in [2.45, 2.75) is 12.5 Å². The van der Waals surface area contributed by atoms with Gasteiger partial charge in [-0.3, -0.25) is 4.79 Å². The Hall–Kier alpha value is -1.56. The van der Waals surface area contributed by atoms with Crippen LogP contribution >= 0.6 is 0 Å². The highest BCUT2D eigenvalue weighted by Gasteiger charge is 2.14. The zero-order chi connectivity index (χ0) is 9.84. The number of anilines is 1. The third kappa shape index (κ3) is 2.45. The Labute approximate surface area is 75.3 Å². The van der Waals surface area contributed by atoms with Gasteiger partial charge in [0.15, 0.2) is 5.95 Å². The zero-order valence-electron chi connectivity index (χ0n) is 7.28. The molecule has 1 atom stereocenters. The molecule has 0 saturated carbocycles. The number of H-pyrrole nitrogens is 1. The van der Waals surface area contributed by atoms with Crippen LogP contribution in [0.4, 0.5) is 5.95 Å². The first-order chi connectivity index (χ1) is 6.13. The number of nitrogens with one attached hydrogen (secondary N) is 1. The smallest absolute Gasteiger partial charge is 0.323 e. The zero-order valence-corrected chi connectivity index (χ0v) is 7.28. The first-order valence-electron chi connectivity index (χ1n) is 3.76. The molecule has 1 heterocycles. The molecule has 72 valence electrons. The van der Waals surface area contributed by atoms with Gasteiger partial charge in [-0.15, -0.1) is 0 Å². The van der Waals surface area contributed by atoms with E-state index < -0.39 is 12.0 Å². The highest BCUT2D eigenvalue weighted by molar-refractivity contribution is 5.75. The Morgan fingerprint density at radius 3 is 3.00 bits per heavy atom. The van der Waals surface area contributed by atoms with E-state index in [0.717, 1.165) is 5.69 Å². The van der Waals surface area contributed by atoms with Crippen molar-refractivity contribution in [3.63, 3.8) is 0 Å². The van der Waals surface area contributed by atoms with E-state index in [1.165, 1.54) is 13.3 Å². The Morgan fingerprint density at radius 2 is 2.54 bits per heavy atom. The predicted molar refractivity (Wildman–Crippen MR) is 46.7 cm³/mol. The maximum absolute atomic E-state index is 10.9. The summed E-state index contributed by atoms with van der Waals surface area (Å²) in [6.07, 6.45) is 1.88. The summed E-state index contributed by atoms with van der Waals surface area (Å²) in [5.41, 5.74) is 11.6.